The average molecular weight is 246 g/mol. The number of piperidine rings is 1. The van der Waals surface area contributed by atoms with E-state index in [9.17, 15) is 5.11 Å². The number of rotatable bonds is 3. The zero-order chi connectivity index (χ0) is 12.5. The molecule has 3 heteroatoms. The van der Waals surface area contributed by atoms with Crippen LogP contribution in [0.4, 0.5) is 0 Å². The van der Waals surface area contributed by atoms with Crippen molar-refractivity contribution in [1.29, 1.82) is 0 Å². The lowest BCUT2D eigenvalue weighted by Gasteiger charge is -2.36. The highest BCUT2D eigenvalue weighted by Gasteiger charge is 2.37. The molecule has 18 heavy (non-hydrogen) atoms. The molecule has 2 heterocycles. The molecule has 0 amide bonds. The minimum atomic E-state index is 0.344. The Morgan fingerprint density at radius 1 is 1.17 bits per heavy atom. The van der Waals surface area contributed by atoms with Crippen molar-refractivity contribution in [3.63, 3.8) is 0 Å². The molecule has 2 atom stereocenters. The molecule has 1 aromatic rings. The summed E-state index contributed by atoms with van der Waals surface area (Å²) >= 11 is 0. The summed E-state index contributed by atoms with van der Waals surface area (Å²) in [7, 11) is 2.28. The molecule has 2 unspecified atom stereocenters. The fraction of sp³-hybridized carbons (Fsp3) is 0.600. The van der Waals surface area contributed by atoms with Gasteiger partial charge in [0.1, 0.15) is 5.75 Å². The first-order valence-electron chi connectivity index (χ1n) is 6.95. The van der Waals surface area contributed by atoms with E-state index in [0.717, 1.165) is 18.6 Å². The Balaban J connectivity index is 1.54. The van der Waals surface area contributed by atoms with E-state index in [1.54, 1.807) is 12.1 Å². The van der Waals surface area contributed by atoms with Gasteiger partial charge in [0.15, 0.2) is 0 Å². The van der Waals surface area contributed by atoms with Crippen molar-refractivity contribution >= 4 is 0 Å². The predicted octanol–water partition coefficient (Wildman–Crippen LogP) is 2.11. The second kappa shape index (κ2) is 4.90. The summed E-state index contributed by atoms with van der Waals surface area (Å²) in [4.78, 5) is 2.57. The van der Waals surface area contributed by atoms with Crippen molar-refractivity contribution in [2.45, 2.75) is 50.4 Å². The third-order valence-corrected chi connectivity index (χ3v) is 4.63. The molecule has 2 saturated heterocycles. The number of hydrogen-bond donors (Lipinski definition) is 2. The van der Waals surface area contributed by atoms with E-state index in [4.69, 9.17) is 0 Å². The van der Waals surface area contributed by atoms with Crippen LogP contribution in [0.5, 0.6) is 5.75 Å². The lowest BCUT2D eigenvalue weighted by Crippen LogP contribution is -2.46. The minimum absolute atomic E-state index is 0.344. The van der Waals surface area contributed by atoms with E-state index >= 15 is 0 Å². The molecule has 2 bridgehead atoms. The van der Waals surface area contributed by atoms with E-state index in [2.05, 4.69) is 17.3 Å². The van der Waals surface area contributed by atoms with Crippen LogP contribution in [0.1, 0.15) is 31.2 Å². The Morgan fingerprint density at radius 3 is 2.39 bits per heavy atom. The van der Waals surface area contributed by atoms with Crippen LogP contribution in [-0.4, -0.2) is 35.2 Å². The van der Waals surface area contributed by atoms with Gasteiger partial charge < -0.3 is 15.3 Å². The Morgan fingerprint density at radius 2 is 1.78 bits per heavy atom. The van der Waals surface area contributed by atoms with Crippen LogP contribution < -0.4 is 5.32 Å². The van der Waals surface area contributed by atoms with Gasteiger partial charge in [-0.1, -0.05) is 12.1 Å². The Bertz CT molecular complexity index is 389. The summed E-state index contributed by atoms with van der Waals surface area (Å²) in [5.74, 6) is 0.344. The van der Waals surface area contributed by atoms with Gasteiger partial charge in [0.2, 0.25) is 0 Å². The zero-order valence-corrected chi connectivity index (χ0v) is 11.0. The summed E-state index contributed by atoms with van der Waals surface area (Å²) in [6, 6.07) is 9.75. The van der Waals surface area contributed by atoms with Gasteiger partial charge in [-0.25, -0.2) is 0 Å². The van der Waals surface area contributed by atoms with E-state index in [0.29, 0.717) is 11.8 Å². The quantitative estimate of drug-likeness (QED) is 0.857. The molecular formula is C15H22N2O. The van der Waals surface area contributed by atoms with Crippen molar-refractivity contribution in [3.05, 3.63) is 29.8 Å². The second-order valence-electron chi connectivity index (χ2n) is 5.77. The highest BCUT2D eigenvalue weighted by atomic mass is 16.3. The molecule has 2 N–H and O–H groups in total. The summed E-state index contributed by atoms with van der Waals surface area (Å²) in [5, 5.41) is 12.9. The van der Waals surface area contributed by atoms with Gasteiger partial charge in [-0.3, -0.25) is 0 Å². The summed E-state index contributed by atoms with van der Waals surface area (Å²) in [6.07, 6.45) is 5.31. The van der Waals surface area contributed by atoms with Gasteiger partial charge in [-0.05, 0) is 50.4 Å². The standard InChI is InChI=1S/C15H22N2O/c1-17-13-4-5-14(17)9-12(8-13)16-10-11-2-6-15(18)7-3-11/h2-3,6-7,12-14,16,18H,4-5,8-10H2,1H3. The van der Waals surface area contributed by atoms with Crippen molar-refractivity contribution in [2.75, 3.05) is 7.05 Å². The number of aromatic hydroxyl groups is 1. The Hall–Kier alpha value is -1.06. The molecule has 2 aliphatic heterocycles. The maximum atomic E-state index is 9.25. The van der Waals surface area contributed by atoms with Gasteiger partial charge in [0.05, 0.1) is 0 Å². The SMILES string of the molecule is CN1C2CCC1CC(NCc1ccc(O)cc1)C2. The summed E-state index contributed by atoms with van der Waals surface area (Å²) < 4.78 is 0. The molecule has 98 valence electrons. The molecule has 2 aliphatic rings. The maximum absolute atomic E-state index is 9.25. The molecule has 0 saturated carbocycles. The van der Waals surface area contributed by atoms with Crippen molar-refractivity contribution in [3.8, 4) is 5.75 Å². The molecule has 2 fully saturated rings. The first-order valence-corrected chi connectivity index (χ1v) is 6.95. The lowest BCUT2D eigenvalue weighted by atomic mass is 9.98. The first kappa shape index (κ1) is 12.0. The number of phenols is 1. The number of benzene rings is 1. The highest BCUT2D eigenvalue weighted by Crippen LogP contribution is 2.34. The number of fused-ring (bicyclic) bond motifs is 2. The molecule has 0 aromatic heterocycles. The third kappa shape index (κ3) is 2.38. The van der Waals surface area contributed by atoms with Crippen LogP contribution in [0.15, 0.2) is 24.3 Å². The minimum Gasteiger partial charge on any atom is -0.508 e. The molecule has 3 nitrogen and oxygen atoms in total. The van der Waals surface area contributed by atoms with Gasteiger partial charge in [-0.2, -0.15) is 0 Å². The van der Waals surface area contributed by atoms with Crippen LogP contribution >= 0.6 is 0 Å². The van der Waals surface area contributed by atoms with E-state index in [-0.39, 0.29) is 0 Å². The first-order chi connectivity index (χ1) is 8.72. The number of phenolic OH excluding ortho intramolecular Hbond substituents is 1. The van der Waals surface area contributed by atoms with Crippen LogP contribution in [0.3, 0.4) is 0 Å². The lowest BCUT2D eigenvalue weighted by molar-refractivity contribution is 0.148. The van der Waals surface area contributed by atoms with Crippen LogP contribution in [0.2, 0.25) is 0 Å². The van der Waals surface area contributed by atoms with E-state index in [1.165, 1.54) is 31.2 Å². The van der Waals surface area contributed by atoms with Crippen molar-refractivity contribution < 1.29 is 5.11 Å². The molecule has 1 aromatic carbocycles. The third-order valence-electron chi connectivity index (χ3n) is 4.63. The fourth-order valence-corrected chi connectivity index (χ4v) is 3.45. The second-order valence-corrected chi connectivity index (χ2v) is 5.77. The predicted molar refractivity (Wildman–Crippen MR) is 72.5 cm³/mol. The van der Waals surface area contributed by atoms with Gasteiger partial charge >= 0.3 is 0 Å². The number of nitrogens with one attached hydrogen (secondary N) is 1. The van der Waals surface area contributed by atoms with E-state index < -0.39 is 0 Å². The van der Waals surface area contributed by atoms with Crippen LogP contribution in [0.25, 0.3) is 0 Å². The fourth-order valence-electron chi connectivity index (χ4n) is 3.45. The summed E-state index contributed by atoms with van der Waals surface area (Å²) in [6.45, 7) is 0.911. The average Bonchev–Trinajstić information content (AvgIpc) is 2.62. The van der Waals surface area contributed by atoms with Crippen molar-refractivity contribution in [2.24, 2.45) is 0 Å². The van der Waals surface area contributed by atoms with Gasteiger partial charge in [0, 0.05) is 24.7 Å². The monoisotopic (exact) mass is 246 g/mol. The van der Waals surface area contributed by atoms with Gasteiger partial charge in [-0.15, -0.1) is 0 Å². The highest BCUT2D eigenvalue weighted by molar-refractivity contribution is 5.25. The zero-order valence-electron chi connectivity index (χ0n) is 11.0. The largest absolute Gasteiger partial charge is 0.508 e. The topological polar surface area (TPSA) is 35.5 Å². The maximum Gasteiger partial charge on any atom is 0.115 e. The van der Waals surface area contributed by atoms with Crippen LogP contribution in [0, 0.1) is 0 Å². The molecule has 0 spiro atoms. The molecule has 3 rings (SSSR count). The molecule has 0 radical (unpaired) electrons. The normalized spacial score (nSPS) is 31.7. The molecular weight excluding hydrogens is 224 g/mol. The van der Waals surface area contributed by atoms with Crippen LogP contribution in [-0.2, 0) is 6.54 Å². The number of nitrogens with zero attached hydrogens (tertiary/aromatic N) is 1. The summed E-state index contributed by atoms with van der Waals surface area (Å²) in [5.41, 5.74) is 1.25. The van der Waals surface area contributed by atoms with E-state index in [1.807, 2.05) is 12.1 Å². The van der Waals surface area contributed by atoms with Gasteiger partial charge in [0.25, 0.3) is 0 Å². The van der Waals surface area contributed by atoms with Crippen molar-refractivity contribution in [1.82, 2.24) is 10.2 Å². The Labute approximate surface area is 109 Å². The Kier molecular flexibility index (Phi) is 3.27. The smallest absolute Gasteiger partial charge is 0.115 e. The molecule has 0 aliphatic carbocycles. The number of hydrogen-bond acceptors (Lipinski definition) is 3.